The van der Waals surface area contributed by atoms with Crippen LogP contribution < -0.4 is 0 Å². The van der Waals surface area contributed by atoms with E-state index in [-0.39, 0.29) is 31.1 Å². The van der Waals surface area contributed by atoms with E-state index in [1.54, 1.807) is 0 Å². The molecule has 0 heterocycles. The number of unbranched alkanes of at least 4 members (excludes halogenated alkanes) is 26. The summed E-state index contributed by atoms with van der Waals surface area (Å²) in [6, 6.07) is 0. The van der Waals surface area contributed by atoms with Gasteiger partial charge in [-0.05, 0) is 89.9 Å². The highest BCUT2D eigenvalue weighted by Crippen LogP contribution is 2.14. The summed E-state index contributed by atoms with van der Waals surface area (Å²) in [5.74, 6) is -0.928. The van der Waals surface area contributed by atoms with E-state index in [9.17, 15) is 14.4 Å². The molecule has 0 aliphatic heterocycles. The van der Waals surface area contributed by atoms with Gasteiger partial charge < -0.3 is 14.2 Å². The van der Waals surface area contributed by atoms with Gasteiger partial charge in [-0.15, -0.1) is 0 Å². The van der Waals surface area contributed by atoms with Crippen molar-refractivity contribution in [1.29, 1.82) is 0 Å². The molecule has 0 aromatic carbocycles. The minimum atomic E-state index is -0.790. The van der Waals surface area contributed by atoms with E-state index < -0.39 is 6.10 Å². The maximum atomic E-state index is 12.8. The molecule has 60 heavy (non-hydrogen) atoms. The lowest BCUT2D eigenvalue weighted by molar-refractivity contribution is -0.167. The number of esters is 3. The Morgan fingerprint density at radius 1 is 0.350 bits per heavy atom. The Balaban J connectivity index is 4.43. The van der Waals surface area contributed by atoms with Gasteiger partial charge in [-0.25, -0.2) is 0 Å². The lowest BCUT2D eigenvalue weighted by Crippen LogP contribution is -2.30. The molecule has 6 heteroatoms. The Morgan fingerprint density at radius 3 is 1.08 bits per heavy atom. The second kappa shape index (κ2) is 48.8. The molecule has 0 N–H and O–H groups in total. The summed E-state index contributed by atoms with van der Waals surface area (Å²) in [6.45, 7) is 6.46. The summed E-state index contributed by atoms with van der Waals surface area (Å²) in [7, 11) is 0. The third-order valence-electron chi connectivity index (χ3n) is 10.8. The van der Waals surface area contributed by atoms with E-state index in [2.05, 4.69) is 81.5 Å². The van der Waals surface area contributed by atoms with Crippen molar-refractivity contribution in [2.75, 3.05) is 13.2 Å². The second-order valence-electron chi connectivity index (χ2n) is 16.7. The number of hydrogen-bond acceptors (Lipinski definition) is 6. The van der Waals surface area contributed by atoms with Crippen molar-refractivity contribution in [2.45, 2.75) is 252 Å². The van der Waals surface area contributed by atoms with Crippen LogP contribution in [0.3, 0.4) is 0 Å². The molecule has 6 nitrogen and oxygen atoms in total. The Hall–Kier alpha value is -2.89. The van der Waals surface area contributed by atoms with Gasteiger partial charge in [0.15, 0.2) is 6.10 Å². The zero-order valence-electron chi connectivity index (χ0n) is 39.5. The maximum absolute atomic E-state index is 12.8. The predicted molar refractivity (Wildman–Crippen MR) is 256 cm³/mol. The number of carbonyl (C=O) groups is 3. The van der Waals surface area contributed by atoms with Crippen molar-refractivity contribution in [1.82, 2.24) is 0 Å². The van der Waals surface area contributed by atoms with Crippen LogP contribution in [0.4, 0.5) is 0 Å². The zero-order chi connectivity index (χ0) is 43.7. The highest BCUT2D eigenvalue weighted by Gasteiger charge is 2.19. The van der Waals surface area contributed by atoms with Crippen molar-refractivity contribution in [3.63, 3.8) is 0 Å². The Labute approximate surface area is 370 Å². The van der Waals surface area contributed by atoms with Gasteiger partial charge in [0, 0.05) is 19.3 Å². The molecule has 0 spiro atoms. The molecule has 1 unspecified atom stereocenters. The van der Waals surface area contributed by atoms with E-state index in [0.29, 0.717) is 19.3 Å². The zero-order valence-corrected chi connectivity index (χ0v) is 39.5. The predicted octanol–water partition coefficient (Wildman–Crippen LogP) is 16.5. The molecule has 0 saturated carbocycles. The summed E-state index contributed by atoms with van der Waals surface area (Å²) in [4.78, 5) is 37.9. The summed E-state index contributed by atoms with van der Waals surface area (Å²) < 4.78 is 16.7. The molecule has 0 radical (unpaired) electrons. The van der Waals surface area contributed by atoms with Crippen LogP contribution >= 0.6 is 0 Å². The fraction of sp³-hybridized carbons (Fsp3) is 0.759. The monoisotopic (exact) mass is 839 g/mol. The van der Waals surface area contributed by atoms with Crippen molar-refractivity contribution < 1.29 is 28.6 Å². The van der Waals surface area contributed by atoms with Crippen LogP contribution in [0.1, 0.15) is 245 Å². The molecule has 346 valence electrons. The van der Waals surface area contributed by atoms with Crippen LogP contribution in [0.15, 0.2) is 60.8 Å². The van der Waals surface area contributed by atoms with Gasteiger partial charge in [0.05, 0.1) is 0 Å². The van der Waals surface area contributed by atoms with Crippen LogP contribution in [0.5, 0.6) is 0 Å². The van der Waals surface area contributed by atoms with Crippen LogP contribution in [0.2, 0.25) is 0 Å². The van der Waals surface area contributed by atoms with Gasteiger partial charge >= 0.3 is 17.9 Å². The average Bonchev–Trinajstić information content (AvgIpc) is 3.24. The molecule has 0 rings (SSSR count). The Bertz CT molecular complexity index is 1100. The normalized spacial score (nSPS) is 12.5. The second-order valence-corrected chi connectivity index (χ2v) is 16.7. The first-order chi connectivity index (χ1) is 29.5. The number of ether oxygens (including phenoxy) is 3. The summed E-state index contributed by atoms with van der Waals surface area (Å²) in [5.41, 5.74) is 0. The van der Waals surface area contributed by atoms with E-state index >= 15 is 0 Å². The fourth-order valence-electron chi connectivity index (χ4n) is 6.96. The molecule has 0 aliphatic carbocycles. The molecule has 0 aliphatic rings. The minimum absolute atomic E-state index is 0.0890. The third kappa shape index (κ3) is 46.2. The minimum Gasteiger partial charge on any atom is -0.462 e. The number of carbonyl (C=O) groups excluding carboxylic acids is 3. The standard InChI is InChI=1S/C54H94O6/c1-4-7-10-13-16-19-22-25-27-30-32-35-38-41-44-47-53(56)59-50-51(49-58-52(55)46-43-40-37-34-31-28-24-21-18-15-12-9-6-3)60-54(57)48-45-42-39-36-33-29-26-23-20-17-14-11-8-5-2/h9,12,15,18-19,21-22,24,29,33,51H,4-8,10-11,13-14,16-17,20,23,25-28,30-32,34-50H2,1-3H3/b12-9+,18-15+,22-19+,24-21+,33-29+. The van der Waals surface area contributed by atoms with E-state index in [0.717, 1.165) is 96.3 Å². The van der Waals surface area contributed by atoms with Crippen LogP contribution in [-0.2, 0) is 28.6 Å². The molecule has 0 amide bonds. The first kappa shape index (κ1) is 57.1. The highest BCUT2D eigenvalue weighted by molar-refractivity contribution is 5.71. The van der Waals surface area contributed by atoms with Gasteiger partial charge in [0.25, 0.3) is 0 Å². The fourth-order valence-corrected chi connectivity index (χ4v) is 6.96. The van der Waals surface area contributed by atoms with E-state index in [1.807, 2.05) is 0 Å². The Morgan fingerprint density at radius 2 is 0.667 bits per heavy atom. The van der Waals surface area contributed by atoms with Gasteiger partial charge in [0.1, 0.15) is 13.2 Å². The lowest BCUT2D eigenvalue weighted by Gasteiger charge is -2.18. The molecular weight excluding hydrogens is 745 g/mol. The summed E-state index contributed by atoms with van der Waals surface area (Å²) >= 11 is 0. The largest absolute Gasteiger partial charge is 0.462 e. The highest BCUT2D eigenvalue weighted by atomic mass is 16.6. The SMILES string of the molecule is CC/C=C/C=C/C=C/CCCCCCCC(=O)OCC(COC(=O)CCCCCCCCC/C=C/CCCCCC)OC(=O)CCCCC/C=C/CCCCCCCCC. The van der Waals surface area contributed by atoms with Crippen LogP contribution in [0, 0.1) is 0 Å². The van der Waals surface area contributed by atoms with Crippen LogP contribution in [0.25, 0.3) is 0 Å². The summed E-state index contributed by atoms with van der Waals surface area (Å²) in [6.07, 6.45) is 59.1. The smallest absolute Gasteiger partial charge is 0.306 e. The van der Waals surface area contributed by atoms with Crippen molar-refractivity contribution in [2.24, 2.45) is 0 Å². The lowest BCUT2D eigenvalue weighted by atomic mass is 10.1. The average molecular weight is 839 g/mol. The molecule has 0 saturated heterocycles. The molecule has 0 aromatic rings. The van der Waals surface area contributed by atoms with Crippen molar-refractivity contribution in [3.8, 4) is 0 Å². The molecule has 0 aromatic heterocycles. The van der Waals surface area contributed by atoms with Crippen molar-refractivity contribution in [3.05, 3.63) is 60.8 Å². The van der Waals surface area contributed by atoms with Crippen LogP contribution in [-0.4, -0.2) is 37.2 Å². The molecule has 1 atom stereocenters. The van der Waals surface area contributed by atoms with Gasteiger partial charge in [-0.1, -0.05) is 197 Å². The first-order valence-electron chi connectivity index (χ1n) is 25.3. The maximum Gasteiger partial charge on any atom is 0.306 e. The molecular formula is C54H94O6. The number of rotatable bonds is 45. The topological polar surface area (TPSA) is 78.9 Å². The third-order valence-corrected chi connectivity index (χ3v) is 10.8. The quantitative estimate of drug-likeness (QED) is 0.0200. The van der Waals surface area contributed by atoms with Crippen molar-refractivity contribution >= 4 is 17.9 Å². The number of allylic oxidation sites excluding steroid dienone is 10. The van der Waals surface area contributed by atoms with Gasteiger partial charge in [-0.3, -0.25) is 14.4 Å². The molecule has 0 fully saturated rings. The van der Waals surface area contributed by atoms with E-state index in [4.69, 9.17) is 14.2 Å². The van der Waals surface area contributed by atoms with Gasteiger partial charge in [-0.2, -0.15) is 0 Å². The van der Waals surface area contributed by atoms with E-state index in [1.165, 1.54) is 109 Å². The molecule has 0 bridgehead atoms. The first-order valence-corrected chi connectivity index (χ1v) is 25.3. The Kier molecular flexibility index (Phi) is 46.4. The number of hydrogen-bond donors (Lipinski definition) is 0. The van der Waals surface area contributed by atoms with Gasteiger partial charge in [0.2, 0.25) is 0 Å². The summed E-state index contributed by atoms with van der Waals surface area (Å²) in [5, 5.41) is 0.